The maximum absolute atomic E-state index is 11.8. The van der Waals surface area contributed by atoms with Crippen molar-refractivity contribution in [3.8, 4) is 0 Å². The van der Waals surface area contributed by atoms with Gasteiger partial charge in [0.05, 0.1) is 42.3 Å². The smallest absolute Gasteiger partial charge is 0.379 e. The lowest BCUT2D eigenvalue weighted by molar-refractivity contribution is -0.393. The number of nitrogens with one attached hydrogen (secondary N) is 1. The SMILES string of the molecule is O=C(OCCOCCOCCNc1ccc([N+](=O)[O-])cc1[N+](=O)[O-])C(=O)c1ccccc1. The Morgan fingerprint density at radius 2 is 1.50 bits per heavy atom. The Labute approximate surface area is 182 Å². The van der Waals surface area contributed by atoms with Gasteiger partial charge in [-0.15, -0.1) is 0 Å². The summed E-state index contributed by atoms with van der Waals surface area (Å²) in [6.45, 7) is 0.881. The first-order valence-corrected chi connectivity index (χ1v) is 9.49. The molecule has 12 heteroatoms. The Morgan fingerprint density at radius 1 is 0.844 bits per heavy atom. The molecule has 2 aromatic carbocycles. The minimum atomic E-state index is -0.956. The van der Waals surface area contributed by atoms with Gasteiger partial charge in [0.1, 0.15) is 12.3 Å². The van der Waals surface area contributed by atoms with Gasteiger partial charge in [0.2, 0.25) is 0 Å². The van der Waals surface area contributed by atoms with Crippen molar-refractivity contribution in [2.75, 3.05) is 44.9 Å². The van der Waals surface area contributed by atoms with Crippen LogP contribution in [0, 0.1) is 20.2 Å². The van der Waals surface area contributed by atoms with Gasteiger partial charge < -0.3 is 19.5 Å². The third kappa shape index (κ3) is 7.74. The summed E-state index contributed by atoms with van der Waals surface area (Å²) in [6, 6.07) is 11.4. The summed E-state index contributed by atoms with van der Waals surface area (Å²) in [5, 5.41) is 24.6. The second-order valence-corrected chi connectivity index (χ2v) is 6.20. The molecule has 2 aromatic rings. The molecular formula is C20H21N3O9. The highest BCUT2D eigenvalue weighted by molar-refractivity contribution is 6.40. The zero-order valence-electron chi connectivity index (χ0n) is 16.9. The van der Waals surface area contributed by atoms with Gasteiger partial charge in [-0.1, -0.05) is 30.3 Å². The number of ketones is 1. The molecule has 0 radical (unpaired) electrons. The molecular weight excluding hydrogens is 426 g/mol. The molecule has 0 aliphatic carbocycles. The number of nitro groups is 2. The van der Waals surface area contributed by atoms with Crippen molar-refractivity contribution in [3.05, 3.63) is 74.3 Å². The van der Waals surface area contributed by atoms with Gasteiger partial charge in [0.25, 0.3) is 17.2 Å². The van der Waals surface area contributed by atoms with Crippen LogP contribution in [-0.2, 0) is 19.0 Å². The molecule has 0 spiro atoms. The summed E-state index contributed by atoms with van der Waals surface area (Å²) >= 11 is 0. The van der Waals surface area contributed by atoms with Gasteiger partial charge in [0.15, 0.2) is 0 Å². The molecule has 32 heavy (non-hydrogen) atoms. The average Bonchev–Trinajstić information content (AvgIpc) is 2.79. The molecule has 12 nitrogen and oxygen atoms in total. The van der Waals surface area contributed by atoms with Gasteiger partial charge >= 0.3 is 5.97 Å². The molecule has 0 aliphatic heterocycles. The van der Waals surface area contributed by atoms with Crippen LogP contribution in [0.15, 0.2) is 48.5 Å². The summed E-state index contributed by atoms with van der Waals surface area (Å²) in [5.74, 6) is -1.68. The molecule has 0 saturated carbocycles. The highest BCUT2D eigenvalue weighted by atomic mass is 16.6. The topological polar surface area (TPSA) is 160 Å². The summed E-state index contributed by atoms with van der Waals surface area (Å²) in [4.78, 5) is 43.8. The van der Waals surface area contributed by atoms with Crippen LogP contribution >= 0.6 is 0 Å². The number of nitrogens with zero attached hydrogens (tertiary/aromatic N) is 2. The fourth-order valence-electron chi connectivity index (χ4n) is 2.48. The van der Waals surface area contributed by atoms with Crippen molar-refractivity contribution in [1.82, 2.24) is 0 Å². The third-order valence-electron chi connectivity index (χ3n) is 4.00. The molecule has 0 atom stereocenters. The second kappa shape index (κ2) is 12.7. The second-order valence-electron chi connectivity index (χ2n) is 6.20. The molecule has 2 rings (SSSR count). The lowest BCUT2D eigenvalue weighted by atomic mass is 10.1. The minimum Gasteiger partial charge on any atom is -0.457 e. The fraction of sp³-hybridized carbons (Fsp3) is 0.300. The monoisotopic (exact) mass is 447 g/mol. The van der Waals surface area contributed by atoms with Crippen LogP contribution in [0.5, 0.6) is 0 Å². The predicted octanol–water partition coefficient (Wildman–Crippen LogP) is 2.37. The predicted molar refractivity (Wildman–Crippen MR) is 112 cm³/mol. The Balaban J connectivity index is 1.56. The van der Waals surface area contributed by atoms with Crippen LogP contribution < -0.4 is 5.32 Å². The van der Waals surface area contributed by atoms with Crippen molar-refractivity contribution < 1.29 is 33.6 Å². The average molecular weight is 447 g/mol. The van der Waals surface area contributed by atoms with E-state index < -0.39 is 27.3 Å². The van der Waals surface area contributed by atoms with Crippen molar-refractivity contribution in [3.63, 3.8) is 0 Å². The fourth-order valence-corrected chi connectivity index (χ4v) is 2.48. The number of esters is 1. The summed E-state index contributed by atoms with van der Waals surface area (Å²) in [6.07, 6.45) is 0. The van der Waals surface area contributed by atoms with Crippen LogP contribution in [0.2, 0.25) is 0 Å². The third-order valence-corrected chi connectivity index (χ3v) is 4.00. The lowest BCUT2D eigenvalue weighted by Crippen LogP contribution is -2.20. The maximum atomic E-state index is 11.8. The largest absolute Gasteiger partial charge is 0.457 e. The maximum Gasteiger partial charge on any atom is 0.379 e. The van der Waals surface area contributed by atoms with E-state index in [0.717, 1.165) is 6.07 Å². The molecule has 170 valence electrons. The number of non-ortho nitro benzene ring substituents is 1. The van der Waals surface area contributed by atoms with Crippen LogP contribution in [0.4, 0.5) is 17.1 Å². The van der Waals surface area contributed by atoms with Crippen LogP contribution in [-0.4, -0.2) is 61.2 Å². The Kier molecular flexibility index (Phi) is 9.69. The number of hydrogen-bond donors (Lipinski definition) is 1. The van der Waals surface area contributed by atoms with E-state index in [1.165, 1.54) is 24.3 Å². The number of hydrogen-bond acceptors (Lipinski definition) is 10. The lowest BCUT2D eigenvalue weighted by Gasteiger charge is -2.09. The van der Waals surface area contributed by atoms with E-state index in [1.807, 2.05) is 0 Å². The van der Waals surface area contributed by atoms with Crippen molar-refractivity contribution in [2.45, 2.75) is 0 Å². The van der Waals surface area contributed by atoms with Gasteiger partial charge in [-0.2, -0.15) is 0 Å². The number of carbonyl (C=O) groups excluding carboxylic acids is 2. The van der Waals surface area contributed by atoms with Gasteiger partial charge in [-0.25, -0.2) is 4.79 Å². The number of Topliss-reactive ketones (excluding diaryl/α,β-unsaturated/α-hetero) is 1. The first-order chi connectivity index (χ1) is 15.4. The molecule has 0 amide bonds. The molecule has 0 aliphatic rings. The number of ether oxygens (including phenoxy) is 3. The highest BCUT2D eigenvalue weighted by Gasteiger charge is 2.19. The summed E-state index contributed by atoms with van der Waals surface area (Å²) in [7, 11) is 0. The summed E-state index contributed by atoms with van der Waals surface area (Å²) < 4.78 is 15.4. The van der Waals surface area contributed by atoms with Crippen molar-refractivity contribution in [2.24, 2.45) is 0 Å². The standard InChI is InChI=1S/C20H21N3O9/c24-19(15-4-2-1-3-5-15)20(25)32-13-12-31-11-10-30-9-8-21-17-7-6-16(22(26)27)14-18(17)23(28)29/h1-7,14,21H,8-13H2. The number of anilines is 1. The highest BCUT2D eigenvalue weighted by Crippen LogP contribution is 2.28. The zero-order chi connectivity index (χ0) is 23.3. The first kappa shape index (κ1) is 24.4. The minimum absolute atomic E-state index is 0.0806. The van der Waals surface area contributed by atoms with Crippen LogP contribution in [0.3, 0.4) is 0 Å². The molecule has 0 unspecified atom stereocenters. The molecule has 1 N–H and O–H groups in total. The Morgan fingerprint density at radius 3 is 2.16 bits per heavy atom. The van der Waals surface area contributed by atoms with E-state index >= 15 is 0 Å². The Bertz CT molecular complexity index is 951. The van der Waals surface area contributed by atoms with Gasteiger partial charge in [-0.3, -0.25) is 25.0 Å². The van der Waals surface area contributed by atoms with Crippen molar-refractivity contribution >= 4 is 28.8 Å². The molecule has 0 saturated heterocycles. The Hall–Kier alpha value is -3.90. The van der Waals surface area contributed by atoms with E-state index in [-0.39, 0.29) is 56.5 Å². The van der Waals surface area contributed by atoms with Crippen LogP contribution in [0.25, 0.3) is 0 Å². The number of nitro benzene ring substituents is 2. The summed E-state index contributed by atoms with van der Waals surface area (Å²) in [5.41, 5.74) is -0.375. The first-order valence-electron chi connectivity index (χ1n) is 9.49. The van der Waals surface area contributed by atoms with Gasteiger partial charge in [-0.05, 0) is 6.07 Å². The molecule has 0 bridgehead atoms. The van der Waals surface area contributed by atoms with E-state index in [1.54, 1.807) is 18.2 Å². The van der Waals surface area contributed by atoms with E-state index in [0.29, 0.717) is 0 Å². The number of carbonyl (C=O) groups is 2. The normalized spacial score (nSPS) is 10.4. The zero-order valence-corrected chi connectivity index (χ0v) is 16.9. The van der Waals surface area contributed by atoms with E-state index in [9.17, 15) is 29.8 Å². The molecule has 0 aromatic heterocycles. The number of rotatable bonds is 14. The number of benzene rings is 2. The molecule has 0 fully saturated rings. The van der Waals surface area contributed by atoms with Crippen molar-refractivity contribution in [1.29, 1.82) is 0 Å². The van der Waals surface area contributed by atoms with E-state index in [2.05, 4.69) is 5.32 Å². The quantitative estimate of drug-likeness (QED) is 0.114. The molecule has 0 heterocycles. The van der Waals surface area contributed by atoms with E-state index in [4.69, 9.17) is 14.2 Å². The van der Waals surface area contributed by atoms with Crippen LogP contribution in [0.1, 0.15) is 10.4 Å². The van der Waals surface area contributed by atoms with Gasteiger partial charge in [0, 0.05) is 18.2 Å².